The summed E-state index contributed by atoms with van der Waals surface area (Å²) in [6.07, 6.45) is -4.23. The van der Waals surface area contributed by atoms with E-state index in [1.54, 1.807) is 0 Å². The summed E-state index contributed by atoms with van der Waals surface area (Å²) < 4.78 is 44.2. The number of halogens is 3. The zero-order valence-electron chi connectivity index (χ0n) is 4.85. The molecule has 0 saturated heterocycles. The highest BCUT2D eigenvalue weighted by Crippen LogP contribution is 2.15. The lowest BCUT2D eigenvalue weighted by molar-refractivity contribution is -0.106. The van der Waals surface area contributed by atoms with Gasteiger partial charge in [0.2, 0.25) is 0 Å². The van der Waals surface area contributed by atoms with Crippen LogP contribution in [0.1, 0.15) is 0 Å². The zero-order chi connectivity index (χ0) is 8.20. The van der Waals surface area contributed by atoms with E-state index in [4.69, 9.17) is 0 Å². The first-order valence-corrected chi connectivity index (χ1v) is 3.80. The molecule has 0 bridgehead atoms. The van der Waals surface area contributed by atoms with Gasteiger partial charge in [-0.05, 0) is 0 Å². The number of alkyl halides is 3. The summed E-state index contributed by atoms with van der Waals surface area (Å²) in [7, 11) is -2.08. The summed E-state index contributed by atoms with van der Waals surface area (Å²) in [5.41, 5.74) is 0. The average molecular weight is 174 g/mol. The van der Waals surface area contributed by atoms with Crippen LogP contribution in [0.25, 0.3) is 0 Å². The van der Waals surface area contributed by atoms with Gasteiger partial charge < -0.3 is 4.79 Å². The minimum atomic E-state index is -4.44. The van der Waals surface area contributed by atoms with Crippen molar-refractivity contribution in [1.82, 2.24) is 0 Å². The molecule has 0 spiro atoms. The van der Waals surface area contributed by atoms with Crippen molar-refractivity contribution in [2.45, 2.75) is 6.18 Å². The quantitative estimate of drug-likeness (QED) is 0.584. The normalized spacial score (nSPS) is 14.7. The van der Waals surface area contributed by atoms with E-state index in [0.717, 1.165) is 0 Å². The Morgan fingerprint density at radius 1 is 1.40 bits per heavy atom. The van der Waals surface area contributed by atoms with Crippen LogP contribution in [0.4, 0.5) is 13.2 Å². The van der Waals surface area contributed by atoms with Crippen molar-refractivity contribution >= 4 is 17.1 Å². The van der Waals surface area contributed by atoms with Gasteiger partial charge in [-0.25, -0.2) is 0 Å². The maximum atomic E-state index is 11.3. The van der Waals surface area contributed by atoms with E-state index in [1.807, 2.05) is 0 Å². The van der Waals surface area contributed by atoms with Gasteiger partial charge in [-0.15, -0.1) is 0 Å². The third-order valence-electron chi connectivity index (χ3n) is 0.579. The molecule has 0 aliphatic heterocycles. The second-order valence-electron chi connectivity index (χ2n) is 1.53. The molecule has 0 amide bonds. The molecule has 10 heavy (non-hydrogen) atoms. The Morgan fingerprint density at radius 3 is 2.20 bits per heavy atom. The van der Waals surface area contributed by atoms with Crippen LogP contribution in [0.15, 0.2) is 0 Å². The molecule has 0 aromatic carbocycles. The smallest absolute Gasteiger partial charge is 0.302 e. The van der Waals surface area contributed by atoms with E-state index in [1.165, 1.54) is 0 Å². The Bertz CT molecular complexity index is 142. The predicted molar refractivity (Wildman–Crippen MR) is 30.0 cm³/mol. The second-order valence-corrected chi connectivity index (χ2v) is 3.03. The first kappa shape index (κ1) is 9.61. The minimum Gasteiger partial charge on any atom is -0.302 e. The molecule has 0 rings (SSSR count). The molecule has 60 valence electrons. The molecular formula is C4H5F3O2S. The highest BCUT2D eigenvalue weighted by molar-refractivity contribution is 7.85. The topological polar surface area (TPSA) is 34.1 Å². The van der Waals surface area contributed by atoms with E-state index in [2.05, 4.69) is 0 Å². The number of aldehydes is 1. The molecule has 6 heteroatoms. The lowest BCUT2D eigenvalue weighted by atomic mass is 10.8. The van der Waals surface area contributed by atoms with Crippen LogP contribution >= 0.6 is 0 Å². The SMILES string of the molecule is O=CCS(=O)CC(F)(F)F. The Morgan fingerprint density at radius 2 is 1.90 bits per heavy atom. The fourth-order valence-electron chi connectivity index (χ4n) is 0.317. The summed E-state index contributed by atoms with van der Waals surface area (Å²) in [5, 5.41) is 0. The van der Waals surface area contributed by atoms with E-state index >= 15 is 0 Å². The van der Waals surface area contributed by atoms with Gasteiger partial charge in [0.1, 0.15) is 12.0 Å². The van der Waals surface area contributed by atoms with Crippen LogP contribution in [-0.4, -0.2) is 28.2 Å². The fraction of sp³-hybridized carbons (Fsp3) is 0.750. The maximum Gasteiger partial charge on any atom is 0.400 e. The van der Waals surface area contributed by atoms with Crippen LogP contribution in [0.2, 0.25) is 0 Å². The third kappa shape index (κ3) is 5.74. The van der Waals surface area contributed by atoms with Gasteiger partial charge >= 0.3 is 6.18 Å². The van der Waals surface area contributed by atoms with Crippen molar-refractivity contribution < 1.29 is 22.2 Å². The van der Waals surface area contributed by atoms with Gasteiger partial charge in [-0.1, -0.05) is 0 Å². The Hall–Kier alpha value is -0.390. The average Bonchev–Trinajstić information content (AvgIpc) is 1.59. The van der Waals surface area contributed by atoms with Gasteiger partial charge in [0.15, 0.2) is 0 Å². The van der Waals surface area contributed by atoms with Crippen LogP contribution in [-0.2, 0) is 15.6 Å². The number of hydrogen-bond acceptors (Lipinski definition) is 2. The Balaban J connectivity index is 3.68. The molecule has 0 heterocycles. The van der Waals surface area contributed by atoms with E-state index < -0.39 is 28.5 Å². The van der Waals surface area contributed by atoms with E-state index in [-0.39, 0.29) is 6.29 Å². The van der Waals surface area contributed by atoms with Crippen molar-refractivity contribution in [2.24, 2.45) is 0 Å². The molecule has 0 aliphatic carbocycles. The Kier molecular flexibility index (Phi) is 3.55. The van der Waals surface area contributed by atoms with Crippen molar-refractivity contribution in [3.8, 4) is 0 Å². The summed E-state index contributed by atoms with van der Waals surface area (Å²) >= 11 is 0. The third-order valence-corrected chi connectivity index (χ3v) is 1.74. The van der Waals surface area contributed by atoms with Gasteiger partial charge in [-0.3, -0.25) is 4.21 Å². The molecule has 0 aliphatic rings. The molecule has 0 fully saturated rings. The highest BCUT2D eigenvalue weighted by Gasteiger charge is 2.29. The first-order chi connectivity index (χ1) is 4.45. The summed E-state index contributed by atoms with van der Waals surface area (Å²) in [4.78, 5) is 9.54. The molecule has 1 atom stereocenters. The molecule has 0 N–H and O–H groups in total. The molecular weight excluding hydrogens is 169 g/mol. The lowest BCUT2D eigenvalue weighted by Gasteiger charge is -2.02. The predicted octanol–water partition coefficient (Wildman–Crippen LogP) is 0.496. The molecule has 0 radical (unpaired) electrons. The minimum absolute atomic E-state index is 0.210. The van der Waals surface area contributed by atoms with Crippen molar-refractivity contribution in [3.63, 3.8) is 0 Å². The lowest BCUT2D eigenvalue weighted by Crippen LogP contribution is -2.20. The number of carbonyl (C=O) groups is 1. The van der Waals surface area contributed by atoms with Crippen LogP contribution in [0.3, 0.4) is 0 Å². The van der Waals surface area contributed by atoms with Crippen molar-refractivity contribution in [3.05, 3.63) is 0 Å². The van der Waals surface area contributed by atoms with Crippen LogP contribution < -0.4 is 0 Å². The molecule has 0 aromatic heterocycles. The summed E-state index contributed by atoms with van der Waals surface area (Å²) in [6.45, 7) is 0. The molecule has 0 aromatic rings. The molecule has 0 saturated carbocycles. The van der Waals surface area contributed by atoms with Gasteiger partial charge in [0, 0.05) is 10.8 Å². The number of carbonyl (C=O) groups excluding carboxylic acids is 1. The second kappa shape index (κ2) is 3.70. The number of rotatable bonds is 3. The number of hydrogen-bond donors (Lipinski definition) is 0. The largest absolute Gasteiger partial charge is 0.400 e. The summed E-state index contributed by atoms with van der Waals surface area (Å²) in [6, 6.07) is 0. The highest BCUT2D eigenvalue weighted by atomic mass is 32.2. The standard InChI is InChI=1S/C4H5F3O2S/c5-4(6,7)3-10(9)2-1-8/h1H,2-3H2. The van der Waals surface area contributed by atoms with Crippen LogP contribution in [0, 0.1) is 0 Å². The fourth-order valence-corrected chi connectivity index (χ4v) is 0.952. The van der Waals surface area contributed by atoms with Gasteiger partial charge in [0.05, 0.1) is 5.75 Å². The summed E-state index contributed by atoms with van der Waals surface area (Å²) in [5.74, 6) is -1.94. The maximum absolute atomic E-state index is 11.3. The van der Waals surface area contributed by atoms with E-state index in [9.17, 15) is 22.2 Å². The van der Waals surface area contributed by atoms with Crippen molar-refractivity contribution in [1.29, 1.82) is 0 Å². The first-order valence-electron chi connectivity index (χ1n) is 2.31. The monoisotopic (exact) mass is 174 g/mol. The zero-order valence-corrected chi connectivity index (χ0v) is 5.67. The van der Waals surface area contributed by atoms with Crippen molar-refractivity contribution in [2.75, 3.05) is 11.5 Å². The van der Waals surface area contributed by atoms with Gasteiger partial charge in [0.25, 0.3) is 0 Å². The van der Waals surface area contributed by atoms with Crippen LogP contribution in [0.5, 0.6) is 0 Å². The van der Waals surface area contributed by atoms with E-state index in [0.29, 0.717) is 0 Å². The van der Waals surface area contributed by atoms with Gasteiger partial charge in [-0.2, -0.15) is 13.2 Å². The Labute approximate surface area is 57.9 Å². The molecule has 2 nitrogen and oxygen atoms in total. The molecule has 1 unspecified atom stereocenters.